The molecular formula is C15H28N4. The molecule has 0 aliphatic carbocycles. The lowest BCUT2D eigenvalue weighted by Crippen LogP contribution is -2.39. The largest absolute Gasteiger partial charge is 0.353 e. The molecule has 19 heavy (non-hydrogen) atoms. The van der Waals surface area contributed by atoms with E-state index in [2.05, 4.69) is 46.7 Å². The van der Waals surface area contributed by atoms with Crippen molar-refractivity contribution in [2.45, 2.75) is 52.6 Å². The molecule has 1 aliphatic rings. The second-order valence-electron chi connectivity index (χ2n) is 6.06. The Bertz CT molecular complexity index is 364. The first-order chi connectivity index (χ1) is 9.19. The molecule has 0 radical (unpaired) electrons. The van der Waals surface area contributed by atoms with Crippen molar-refractivity contribution in [3.63, 3.8) is 0 Å². The van der Waals surface area contributed by atoms with E-state index < -0.39 is 0 Å². The van der Waals surface area contributed by atoms with Crippen molar-refractivity contribution in [3.05, 3.63) is 12.4 Å². The number of imidazole rings is 1. The predicted molar refractivity (Wildman–Crippen MR) is 80.4 cm³/mol. The maximum atomic E-state index is 4.46. The van der Waals surface area contributed by atoms with Gasteiger partial charge in [-0.05, 0) is 31.7 Å². The number of nitrogens with one attached hydrogen (secondary N) is 1. The minimum absolute atomic E-state index is 0.585. The number of rotatable bonds is 6. The van der Waals surface area contributed by atoms with E-state index in [1.807, 2.05) is 6.20 Å². The van der Waals surface area contributed by atoms with E-state index in [0.29, 0.717) is 12.0 Å². The molecule has 4 nitrogen and oxygen atoms in total. The Balaban J connectivity index is 1.84. The summed E-state index contributed by atoms with van der Waals surface area (Å²) in [5.41, 5.74) is 0. The van der Waals surface area contributed by atoms with E-state index in [-0.39, 0.29) is 0 Å². The van der Waals surface area contributed by atoms with Gasteiger partial charge < -0.3 is 14.8 Å². The Labute approximate surface area is 117 Å². The Hall–Kier alpha value is -1.03. The van der Waals surface area contributed by atoms with E-state index in [0.717, 1.165) is 12.5 Å². The molecule has 1 aromatic rings. The number of aromatic nitrogens is 2. The summed E-state index contributed by atoms with van der Waals surface area (Å²) in [6.45, 7) is 11.5. The summed E-state index contributed by atoms with van der Waals surface area (Å²) in [7, 11) is 0. The van der Waals surface area contributed by atoms with Crippen LogP contribution < -0.4 is 5.32 Å². The molecule has 1 N–H and O–H groups in total. The summed E-state index contributed by atoms with van der Waals surface area (Å²) < 4.78 is 2.24. The minimum atomic E-state index is 0.585. The first kappa shape index (κ1) is 14.4. The predicted octanol–water partition coefficient (Wildman–Crippen LogP) is 2.83. The van der Waals surface area contributed by atoms with Crippen molar-refractivity contribution in [2.75, 3.05) is 25.0 Å². The molecule has 1 aliphatic heterocycles. The molecule has 0 unspecified atom stereocenters. The van der Waals surface area contributed by atoms with E-state index in [4.69, 9.17) is 0 Å². The van der Waals surface area contributed by atoms with E-state index in [1.54, 1.807) is 0 Å². The number of anilines is 1. The SMILES string of the molecule is CCCN1CCC(Nc2nccn2CC(C)C)CC1. The third-order valence-electron chi connectivity index (χ3n) is 3.74. The van der Waals surface area contributed by atoms with Crippen molar-refractivity contribution < 1.29 is 0 Å². The smallest absolute Gasteiger partial charge is 0.202 e. The van der Waals surface area contributed by atoms with Gasteiger partial charge in [0.05, 0.1) is 0 Å². The molecule has 0 atom stereocenters. The zero-order chi connectivity index (χ0) is 13.7. The Morgan fingerprint density at radius 1 is 1.37 bits per heavy atom. The minimum Gasteiger partial charge on any atom is -0.353 e. The van der Waals surface area contributed by atoms with Crippen LogP contribution in [0.15, 0.2) is 12.4 Å². The van der Waals surface area contributed by atoms with E-state index in [9.17, 15) is 0 Å². The normalized spacial score (nSPS) is 18.1. The Morgan fingerprint density at radius 3 is 2.74 bits per heavy atom. The molecular weight excluding hydrogens is 236 g/mol. The van der Waals surface area contributed by atoms with Gasteiger partial charge in [0.15, 0.2) is 0 Å². The van der Waals surface area contributed by atoms with Gasteiger partial charge in [-0.1, -0.05) is 20.8 Å². The molecule has 2 heterocycles. The molecule has 1 aromatic heterocycles. The fourth-order valence-electron chi connectivity index (χ4n) is 2.79. The van der Waals surface area contributed by atoms with Gasteiger partial charge in [-0.25, -0.2) is 4.98 Å². The molecule has 4 heteroatoms. The lowest BCUT2D eigenvalue weighted by molar-refractivity contribution is 0.219. The third kappa shape index (κ3) is 4.23. The number of hydrogen-bond acceptors (Lipinski definition) is 3. The summed E-state index contributed by atoms with van der Waals surface area (Å²) in [5.74, 6) is 1.70. The fourth-order valence-corrected chi connectivity index (χ4v) is 2.79. The standard InChI is InChI=1S/C15H28N4/c1-4-8-18-9-5-14(6-10-18)17-15-16-7-11-19(15)12-13(2)3/h7,11,13-14H,4-6,8-10,12H2,1-3H3,(H,16,17). The molecule has 0 amide bonds. The van der Waals surface area contributed by atoms with Crippen LogP contribution >= 0.6 is 0 Å². The van der Waals surface area contributed by atoms with Crippen LogP contribution in [-0.4, -0.2) is 40.1 Å². The van der Waals surface area contributed by atoms with Crippen molar-refractivity contribution in [1.82, 2.24) is 14.5 Å². The molecule has 1 saturated heterocycles. The van der Waals surface area contributed by atoms with Crippen LogP contribution in [0.1, 0.15) is 40.0 Å². The number of hydrogen-bond donors (Lipinski definition) is 1. The van der Waals surface area contributed by atoms with Gasteiger partial charge in [-0.3, -0.25) is 0 Å². The molecule has 108 valence electrons. The summed E-state index contributed by atoms with van der Waals surface area (Å²) in [5, 5.41) is 3.62. The van der Waals surface area contributed by atoms with Gasteiger partial charge >= 0.3 is 0 Å². The highest BCUT2D eigenvalue weighted by molar-refractivity contribution is 5.27. The van der Waals surface area contributed by atoms with E-state index >= 15 is 0 Å². The average Bonchev–Trinajstić information content (AvgIpc) is 2.79. The zero-order valence-corrected chi connectivity index (χ0v) is 12.6. The van der Waals surface area contributed by atoms with Gasteiger partial charge in [-0.2, -0.15) is 0 Å². The molecule has 0 spiro atoms. The monoisotopic (exact) mass is 264 g/mol. The van der Waals surface area contributed by atoms with Crippen LogP contribution in [0.3, 0.4) is 0 Å². The van der Waals surface area contributed by atoms with Gasteiger partial charge in [-0.15, -0.1) is 0 Å². The Morgan fingerprint density at radius 2 is 2.11 bits per heavy atom. The lowest BCUT2D eigenvalue weighted by Gasteiger charge is -2.32. The maximum absolute atomic E-state index is 4.46. The molecule has 1 fully saturated rings. The highest BCUT2D eigenvalue weighted by Gasteiger charge is 2.19. The van der Waals surface area contributed by atoms with Crippen molar-refractivity contribution >= 4 is 5.95 Å². The molecule has 2 rings (SSSR count). The van der Waals surface area contributed by atoms with Crippen molar-refractivity contribution in [2.24, 2.45) is 5.92 Å². The Kier molecular flexibility index (Phi) is 5.25. The van der Waals surface area contributed by atoms with Crippen molar-refractivity contribution in [1.29, 1.82) is 0 Å². The highest BCUT2D eigenvalue weighted by atomic mass is 15.2. The number of piperidine rings is 1. The third-order valence-corrected chi connectivity index (χ3v) is 3.74. The van der Waals surface area contributed by atoms with Crippen LogP contribution in [-0.2, 0) is 6.54 Å². The average molecular weight is 264 g/mol. The second-order valence-corrected chi connectivity index (χ2v) is 6.06. The summed E-state index contributed by atoms with van der Waals surface area (Å²) in [4.78, 5) is 7.03. The molecule has 0 bridgehead atoms. The summed E-state index contributed by atoms with van der Waals surface area (Å²) in [6.07, 6.45) is 7.70. The van der Waals surface area contributed by atoms with Gasteiger partial charge in [0, 0.05) is 38.1 Å². The quantitative estimate of drug-likeness (QED) is 0.857. The maximum Gasteiger partial charge on any atom is 0.202 e. The zero-order valence-electron chi connectivity index (χ0n) is 12.6. The highest BCUT2D eigenvalue weighted by Crippen LogP contribution is 2.16. The van der Waals surface area contributed by atoms with Crippen LogP contribution in [0.5, 0.6) is 0 Å². The molecule has 0 saturated carbocycles. The first-order valence-electron chi connectivity index (χ1n) is 7.69. The fraction of sp³-hybridized carbons (Fsp3) is 0.800. The van der Waals surface area contributed by atoms with Crippen LogP contribution in [0.2, 0.25) is 0 Å². The van der Waals surface area contributed by atoms with Crippen LogP contribution in [0.4, 0.5) is 5.95 Å². The number of likely N-dealkylation sites (tertiary alicyclic amines) is 1. The first-order valence-corrected chi connectivity index (χ1v) is 7.69. The van der Waals surface area contributed by atoms with Gasteiger partial charge in [0.2, 0.25) is 5.95 Å². The van der Waals surface area contributed by atoms with Crippen LogP contribution in [0, 0.1) is 5.92 Å². The summed E-state index contributed by atoms with van der Waals surface area (Å²) in [6, 6.07) is 0.585. The van der Waals surface area contributed by atoms with Gasteiger partial charge in [0.1, 0.15) is 0 Å². The van der Waals surface area contributed by atoms with Crippen LogP contribution in [0.25, 0.3) is 0 Å². The number of nitrogens with zero attached hydrogens (tertiary/aromatic N) is 3. The van der Waals surface area contributed by atoms with Gasteiger partial charge in [0.25, 0.3) is 0 Å². The molecule has 0 aromatic carbocycles. The van der Waals surface area contributed by atoms with E-state index in [1.165, 1.54) is 38.9 Å². The lowest BCUT2D eigenvalue weighted by atomic mass is 10.1. The summed E-state index contributed by atoms with van der Waals surface area (Å²) >= 11 is 0. The topological polar surface area (TPSA) is 33.1 Å². The second kappa shape index (κ2) is 6.94. The van der Waals surface area contributed by atoms with Crippen molar-refractivity contribution in [3.8, 4) is 0 Å².